The van der Waals surface area contributed by atoms with E-state index in [1.165, 1.54) is 0 Å². The van der Waals surface area contributed by atoms with Crippen LogP contribution in [0, 0.1) is 0 Å². The number of carbonyl (C=O) groups excluding carboxylic acids is 2. The lowest BCUT2D eigenvalue weighted by Crippen LogP contribution is -2.46. The van der Waals surface area contributed by atoms with Gasteiger partial charge in [0.15, 0.2) is 5.82 Å². The van der Waals surface area contributed by atoms with E-state index in [0.29, 0.717) is 10.0 Å². The lowest BCUT2D eigenvalue weighted by molar-refractivity contribution is 0.252. The molecule has 0 radical (unpaired) electrons. The predicted octanol–water partition coefficient (Wildman–Crippen LogP) is -2.54. The molecule has 0 aliphatic carbocycles. The molecule has 1 heterocycles. The third-order valence-corrected chi connectivity index (χ3v) is 2.10. The standard InChI is InChI=1S/C7H14N8O3/c8-6(17)14(10)4-3(1-2-16)12-13-5(4)15(11)7(9)18/h16H,1-2,10-11H2,(H2,8,17)(H2,9,18)(H,12,13). The van der Waals surface area contributed by atoms with Crippen LogP contribution >= 0.6 is 0 Å². The molecule has 4 amide bonds. The van der Waals surface area contributed by atoms with E-state index >= 15 is 0 Å². The molecule has 0 fully saturated rings. The molecule has 0 spiro atoms. The lowest BCUT2D eigenvalue weighted by atomic mass is 10.2. The Hall–Kier alpha value is -2.37. The van der Waals surface area contributed by atoms with Gasteiger partial charge in [0.2, 0.25) is 0 Å². The second-order valence-electron chi connectivity index (χ2n) is 3.26. The molecule has 100 valence electrons. The number of carbonyl (C=O) groups is 2. The number of aliphatic hydroxyl groups excluding tert-OH is 1. The Morgan fingerprint density at radius 1 is 1.22 bits per heavy atom. The van der Waals surface area contributed by atoms with Gasteiger partial charge in [0.05, 0.1) is 5.69 Å². The maximum absolute atomic E-state index is 11.0. The average Bonchev–Trinajstić information content (AvgIpc) is 2.70. The topological polar surface area (TPSA) is 194 Å². The van der Waals surface area contributed by atoms with Gasteiger partial charge in [0, 0.05) is 13.0 Å². The van der Waals surface area contributed by atoms with Gasteiger partial charge < -0.3 is 16.6 Å². The third kappa shape index (κ3) is 2.48. The fourth-order valence-corrected chi connectivity index (χ4v) is 1.28. The van der Waals surface area contributed by atoms with E-state index in [1.54, 1.807) is 0 Å². The van der Waals surface area contributed by atoms with Crippen LogP contribution < -0.4 is 33.2 Å². The number of amides is 4. The van der Waals surface area contributed by atoms with E-state index in [0.717, 1.165) is 0 Å². The molecular formula is C7H14N8O3. The predicted molar refractivity (Wildman–Crippen MR) is 61.9 cm³/mol. The number of aromatic amines is 1. The van der Waals surface area contributed by atoms with Crippen LogP contribution in [0.1, 0.15) is 5.69 Å². The molecule has 0 saturated carbocycles. The maximum atomic E-state index is 11.0. The van der Waals surface area contributed by atoms with Gasteiger partial charge in [-0.2, -0.15) is 5.10 Å². The number of nitrogens with two attached hydrogens (primary N) is 4. The van der Waals surface area contributed by atoms with Crippen molar-refractivity contribution >= 4 is 23.6 Å². The molecule has 0 aromatic carbocycles. The number of hydrazine groups is 2. The smallest absolute Gasteiger partial charge is 0.335 e. The zero-order chi connectivity index (χ0) is 13.9. The summed E-state index contributed by atoms with van der Waals surface area (Å²) in [6.07, 6.45) is 0.0828. The molecule has 1 aromatic heterocycles. The van der Waals surface area contributed by atoms with Crippen molar-refractivity contribution < 1.29 is 14.7 Å². The SMILES string of the molecule is NC(=O)N(N)c1[nH]nc(CCO)c1N(N)C(N)=O. The van der Waals surface area contributed by atoms with Crippen molar-refractivity contribution in [1.82, 2.24) is 10.2 Å². The van der Waals surface area contributed by atoms with Gasteiger partial charge in [-0.3, -0.25) is 5.10 Å². The Bertz CT molecular complexity index is 458. The molecule has 0 aliphatic heterocycles. The Labute approximate surface area is 101 Å². The Morgan fingerprint density at radius 2 is 1.78 bits per heavy atom. The average molecular weight is 258 g/mol. The van der Waals surface area contributed by atoms with E-state index in [4.69, 9.17) is 28.3 Å². The number of aliphatic hydroxyl groups is 1. The first-order valence-electron chi connectivity index (χ1n) is 4.76. The third-order valence-electron chi connectivity index (χ3n) is 2.10. The maximum Gasteiger partial charge on any atom is 0.335 e. The highest BCUT2D eigenvalue weighted by atomic mass is 16.3. The number of H-pyrrole nitrogens is 1. The minimum absolute atomic E-state index is 0.0298. The molecule has 11 nitrogen and oxygen atoms in total. The van der Waals surface area contributed by atoms with Gasteiger partial charge in [-0.15, -0.1) is 0 Å². The Kier molecular flexibility index (Phi) is 4.04. The monoisotopic (exact) mass is 258 g/mol. The van der Waals surface area contributed by atoms with Crippen LogP contribution in [-0.4, -0.2) is 34.0 Å². The number of anilines is 2. The number of nitrogens with one attached hydrogen (secondary N) is 1. The molecule has 1 aromatic rings. The molecule has 0 unspecified atom stereocenters. The Balaban J connectivity index is 3.26. The molecular weight excluding hydrogens is 244 g/mol. The number of urea groups is 2. The van der Waals surface area contributed by atoms with Crippen molar-refractivity contribution in [2.45, 2.75) is 6.42 Å². The van der Waals surface area contributed by atoms with Crippen LogP contribution in [0.25, 0.3) is 0 Å². The van der Waals surface area contributed by atoms with Crippen molar-refractivity contribution in [1.29, 1.82) is 0 Å². The Morgan fingerprint density at radius 3 is 2.22 bits per heavy atom. The summed E-state index contributed by atoms with van der Waals surface area (Å²) in [5.41, 5.74) is 10.2. The molecule has 0 atom stereocenters. The highest BCUT2D eigenvalue weighted by Gasteiger charge is 2.25. The van der Waals surface area contributed by atoms with Gasteiger partial charge in [-0.1, -0.05) is 0 Å². The number of primary amides is 2. The van der Waals surface area contributed by atoms with Gasteiger partial charge in [-0.05, 0) is 0 Å². The molecule has 0 aliphatic rings. The fourth-order valence-electron chi connectivity index (χ4n) is 1.28. The van der Waals surface area contributed by atoms with E-state index < -0.39 is 12.1 Å². The van der Waals surface area contributed by atoms with Crippen LogP contribution in [0.15, 0.2) is 0 Å². The number of hydrogen-bond donors (Lipinski definition) is 6. The first-order valence-corrected chi connectivity index (χ1v) is 4.76. The normalized spacial score (nSPS) is 10.2. The van der Waals surface area contributed by atoms with Crippen LogP contribution in [0.4, 0.5) is 21.1 Å². The summed E-state index contributed by atoms with van der Waals surface area (Å²) in [6, 6.07) is -1.98. The van der Waals surface area contributed by atoms with Crippen LogP contribution in [0.5, 0.6) is 0 Å². The van der Waals surface area contributed by atoms with E-state index in [9.17, 15) is 9.59 Å². The van der Waals surface area contributed by atoms with Crippen molar-refractivity contribution in [2.75, 3.05) is 16.6 Å². The summed E-state index contributed by atoms with van der Waals surface area (Å²) >= 11 is 0. The minimum Gasteiger partial charge on any atom is -0.396 e. The van der Waals surface area contributed by atoms with Crippen LogP contribution in [0.2, 0.25) is 0 Å². The largest absolute Gasteiger partial charge is 0.396 e. The first-order chi connectivity index (χ1) is 8.40. The van der Waals surface area contributed by atoms with Crippen molar-refractivity contribution in [3.8, 4) is 0 Å². The summed E-state index contributed by atoms with van der Waals surface area (Å²) in [6.45, 7) is -0.245. The lowest BCUT2D eigenvalue weighted by Gasteiger charge is -2.19. The summed E-state index contributed by atoms with van der Waals surface area (Å²) in [5.74, 6) is 10.7. The molecule has 0 saturated heterocycles. The van der Waals surface area contributed by atoms with Crippen LogP contribution in [-0.2, 0) is 6.42 Å². The zero-order valence-corrected chi connectivity index (χ0v) is 9.33. The quantitative estimate of drug-likeness (QED) is 0.195. The second-order valence-corrected chi connectivity index (χ2v) is 3.26. The van der Waals surface area contributed by atoms with E-state index in [2.05, 4.69) is 10.2 Å². The van der Waals surface area contributed by atoms with Gasteiger partial charge in [0.25, 0.3) is 0 Å². The minimum atomic E-state index is -0.992. The van der Waals surface area contributed by atoms with Crippen LogP contribution in [0.3, 0.4) is 0 Å². The second kappa shape index (κ2) is 5.31. The summed E-state index contributed by atoms with van der Waals surface area (Å²) in [4.78, 5) is 22.0. The summed E-state index contributed by atoms with van der Waals surface area (Å²) in [5, 5.41) is 16.1. The van der Waals surface area contributed by atoms with E-state index in [1.807, 2.05) is 0 Å². The molecule has 10 N–H and O–H groups in total. The van der Waals surface area contributed by atoms with Gasteiger partial charge in [0.1, 0.15) is 5.69 Å². The fraction of sp³-hybridized carbons (Fsp3) is 0.286. The number of hydrogen-bond acceptors (Lipinski definition) is 6. The molecule has 0 bridgehead atoms. The van der Waals surface area contributed by atoms with Crippen molar-refractivity contribution in [3.63, 3.8) is 0 Å². The van der Waals surface area contributed by atoms with Crippen molar-refractivity contribution in [3.05, 3.63) is 5.69 Å². The number of aromatic nitrogens is 2. The molecule has 1 rings (SSSR count). The molecule has 11 heteroatoms. The van der Waals surface area contributed by atoms with Gasteiger partial charge >= 0.3 is 12.1 Å². The van der Waals surface area contributed by atoms with E-state index in [-0.39, 0.29) is 30.2 Å². The zero-order valence-electron chi connectivity index (χ0n) is 9.33. The number of nitrogens with zero attached hydrogens (tertiary/aromatic N) is 3. The summed E-state index contributed by atoms with van der Waals surface area (Å²) < 4.78 is 0. The summed E-state index contributed by atoms with van der Waals surface area (Å²) in [7, 11) is 0. The van der Waals surface area contributed by atoms with Crippen molar-refractivity contribution in [2.24, 2.45) is 23.2 Å². The molecule has 18 heavy (non-hydrogen) atoms. The van der Waals surface area contributed by atoms with Gasteiger partial charge in [-0.25, -0.2) is 31.3 Å². The number of rotatable bonds is 4. The first kappa shape index (κ1) is 13.7. The highest BCUT2D eigenvalue weighted by Crippen LogP contribution is 2.28. The highest BCUT2D eigenvalue weighted by molar-refractivity contribution is 5.98.